The number of urea groups is 1. The van der Waals surface area contributed by atoms with Gasteiger partial charge < -0.3 is 20.1 Å². The predicted molar refractivity (Wildman–Crippen MR) is 66.5 cm³/mol. The van der Waals surface area contributed by atoms with Crippen molar-refractivity contribution in [3.8, 4) is 0 Å². The molecular weight excluding hydrogens is 236 g/mol. The van der Waals surface area contributed by atoms with Crippen molar-refractivity contribution in [2.24, 2.45) is 0 Å². The van der Waals surface area contributed by atoms with Crippen LogP contribution in [0, 0.1) is 0 Å². The Hall–Kier alpha value is -1.30. The molecule has 1 aliphatic heterocycles. The molecule has 1 heterocycles. The van der Waals surface area contributed by atoms with Gasteiger partial charge in [-0.1, -0.05) is 0 Å². The van der Waals surface area contributed by atoms with E-state index in [0.717, 1.165) is 12.8 Å². The Morgan fingerprint density at radius 3 is 2.89 bits per heavy atom. The van der Waals surface area contributed by atoms with Crippen LogP contribution in [0.3, 0.4) is 0 Å². The molecule has 2 atom stereocenters. The van der Waals surface area contributed by atoms with E-state index in [9.17, 15) is 9.59 Å². The molecular formula is C12H22N2O4. The fraction of sp³-hybridized carbons (Fsp3) is 0.833. The molecule has 1 aliphatic rings. The fourth-order valence-electron chi connectivity index (χ4n) is 2.19. The summed E-state index contributed by atoms with van der Waals surface area (Å²) in [6, 6.07) is -0.366. The van der Waals surface area contributed by atoms with E-state index in [0.29, 0.717) is 19.7 Å². The van der Waals surface area contributed by atoms with Gasteiger partial charge in [0.2, 0.25) is 0 Å². The van der Waals surface area contributed by atoms with Crippen LogP contribution in [0.1, 0.15) is 33.1 Å². The number of ether oxygens (including phenoxy) is 1. The number of carboxylic acid groups (broad SMARTS) is 1. The van der Waals surface area contributed by atoms with Crippen LogP contribution in [0.4, 0.5) is 4.79 Å². The van der Waals surface area contributed by atoms with Crippen LogP contribution in [-0.4, -0.2) is 53.8 Å². The summed E-state index contributed by atoms with van der Waals surface area (Å²) >= 11 is 0. The topological polar surface area (TPSA) is 78.9 Å². The van der Waals surface area contributed by atoms with Crippen LogP contribution >= 0.6 is 0 Å². The molecule has 1 fully saturated rings. The SMILES string of the molecule is CCOC(C)CNC(=O)N1CCCC1CC(=O)O. The van der Waals surface area contributed by atoms with Crippen molar-refractivity contribution in [3.63, 3.8) is 0 Å². The molecule has 1 saturated heterocycles. The highest BCUT2D eigenvalue weighted by atomic mass is 16.5. The van der Waals surface area contributed by atoms with Crippen molar-refractivity contribution >= 4 is 12.0 Å². The molecule has 0 saturated carbocycles. The Kier molecular flexibility index (Phi) is 5.91. The number of hydrogen-bond donors (Lipinski definition) is 2. The summed E-state index contributed by atoms with van der Waals surface area (Å²) in [5.41, 5.74) is 0. The second kappa shape index (κ2) is 7.20. The molecule has 6 nitrogen and oxygen atoms in total. The van der Waals surface area contributed by atoms with Gasteiger partial charge in [0.05, 0.1) is 12.5 Å². The molecule has 0 aromatic heterocycles. The number of likely N-dealkylation sites (tertiary alicyclic amines) is 1. The van der Waals surface area contributed by atoms with Crippen LogP contribution in [0.2, 0.25) is 0 Å². The van der Waals surface area contributed by atoms with Crippen LogP contribution in [0.25, 0.3) is 0 Å². The Morgan fingerprint density at radius 1 is 1.56 bits per heavy atom. The highest BCUT2D eigenvalue weighted by Gasteiger charge is 2.30. The third kappa shape index (κ3) is 4.52. The third-order valence-electron chi connectivity index (χ3n) is 3.04. The standard InChI is InChI=1S/C12H22N2O4/c1-3-18-9(2)8-13-12(17)14-6-4-5-10(14)7-11(15)16/h9-10H,3-8H2,1-2H3,(H,13,17)(H,15,16). The maximum Gasteiger partial charge on any atom is 0.317 e. The van der Waals surface area contributed by atoms with E-state index in [1.54, 1.807) is 4.90 Å². The Bertz CT molecular complexity index is 296. The number of rotatable bonds is 6. The van der Waals surface area contributed by atoms with E-state index in [-0.39, 0.29) is 24.6 Å². The molecule has 0 aromatic carbocycles. The summed E-state index contributed by atoms with van der Waals surface area (Å²) in [7, 11) is 0. The fourth-order valence-corrected chi connectivity index (χ4v) is 2.19. The minimum Gasteiger partial charge on any atom is -0.481 e. The van der Waals surface area contributed by atoms with E-state index in [4.69, 9.17) is 9.84 Å². The van der Waals surface area contributed by atoms with E-state index >= 15 is 0 Å². The average Bonchev–Trinajstić information content (AvgIpc) is 2.73. The zero-order valence-corrected chi connectivity index (χ0v) is 11.0. The molecule has 104 valence electrons. The molecule has 2 amide bonds. The third-order valence-corrected chi connectivity index (χ3v) is 3.04. The smallest absolute Gasteiger partial charge is 0.317 e. The second-order valence-electron chi connectivity index (χ2n) is 4.54. The van der Waals surface area contributed by atoms with Gasteiger partial charge in [0.1, 0.15) is 0 Å². The lowest BCUT2D eigenvalue weighted by atomic mass is 10.1. The number of hydrogen-bond acceptors (Lipinski definition) is 3. The van der Waals surface area contributed by atoms with Gasteiger partial charge in [-0.25, -0.2) is 4.79 Å². The van der Waals surface area contributed by atoms with Crippen LogP contribution in [0.5, 0.6) is 0 Å². The number of carboxylic acids is 1. The highest BCUT2D eigenvalue weighted by Crippen LogP contribution is 2.19. The number of aliphatic carboxylic acids is 1. The lowest BCUT2D eigenvalue weighted by Crippen LogP contribution is -2.45. The van der Waals surface area contributed by atoms with Crippen molar-refractivity contribution in [1.29, 1.82) is 0 Å². The molecule has 6 heteroatoms. The van der Waals surface area contributed by atoms with E-state index in [1.807, 2.05) is 13.8 Å². The summed E-state index contributed by atoms with van der Waals surface area (Å²) in [5.74, 6) is -0.859. The zero-order chi connectivity index (χ0) is 13.5. The van der Waals surface area contributed by atoms with E-state index < -0.39 is 5.97 Å². The average molecular weight is 258 g/mol. The van der Waals surface area contributed by atoms with Gasteiger partial charge in [-0.2, -0.15) is 0 Å². The molecule has 2 N–H and O–H groups in total. The molecule has 2 unspecified atom stereocenters. The van der Waals surface area contributed by atoms with Crippen molar-refractivity contribution in [3.05, 3.63) is 0 Å². The van der Waals surface area contributed by atoms with Crippen LogP contribution < -0.4 is 5.32 Å². The largest absolute Gasteiger partial charge is 0.481 e. The van der Waals surface area contributed by atoms with Crippen LogP contribution in [0.15, 0.2) is 0 Å². The number of nitrogens with zero attached hydrogens (tertiary/aromatic N) is 1. The minimum absolute atomic E-state index is 0.0223. The van der Waals surface area contributed by atoms with Gasteiger partial charge in [0.25, 0.3) is 0 Å². The lowest BCUT2D eigenvalue weighted by molar-refractivity contribution is -0.137. The van der Waals surface area contributed by atoms with Gasteiger partial charge in [0.15, 0.2) is 0 Å². The number of amides is 2. The van der Waals surface area contributed by atoms with Crippen LogP contribution in [-0.2, 0) is 9.53 Å². The first-order valence-electron chi connectivity index (χ1n) is 6.42. The summed E-state index contributed by atoms with van der Waals surface area (Å²) in [4.78, 5) is 24.2. The highest BCUT2D eigenvalue weighted by molar-refractivity contribution is 5.76. The quantitative estimate of drug-likeness (QED) is 0.746. The van der Waals surface area contributed by atoms with Gasteiger partial charge in [0, 0.05) is 25.7 Å². The first kappa shape index (κ1) is 14.8. The first-order chi connectivity index (χ1) is 8.54. The van der Waals surface area contributed by atoms with Crippen molar-refractivity contribution in [2.45, 2.75) is 45.3 Å². The summed E-state index contributed by atoms with van der Waals surface area (Å²) in [5, 5.41) is 11.6. The second-order valence-corrected chi connectivity index (χ2v) is 4.54. The van der Waals surface area contributed by atoms with Gasteiger partial charge >= 0.3 is 12.0 Å². The molecule has 1 rings (SSSR count). The van der Waals surface area contributed by atoms with Crippen molar-refractivity contribution in [1.82, 2.24) is 10.2 Å². The lowest BCUT2D eigenvalue weighted by Gasteiger charge is -2.24. The molecule has 0 aromatic rings. The van der Waals surface area contributed by atoms with E-state index in [1.165, 1.54) is 0 Å². The van der Waals surface area contributed by atoms with Crippen molar-refractivity contribution in [2.75, 3.05) is 19.7 Å². The summed E-state index contributed by atoms with van der Waals surface area (Å²) < 4.78 is 5.32. The number of carbonyl (C=O) groups excluding carboxylic acids is 1. The van der Waals surface area contributed by atoms with Crippen molar-refractivity contribution < 1.29 is 19.4 Å². The van der Waals surface area contributed by atoms with E-state index in [2.05, 4.69) is 5.32 Å². The normalized spacial score (nSPS) is 20.8. The maximum absolute atomic E-state index is 11.9. The Balaban J connectivity index is 2.38. The molecule has 0 radical (unpaired) electrons. The zero-order valence-electron chi connectivity index (χ0n) is 11.0. The Labute approximate surface area is 107 Å². The first-order valence-corrected chi connectivity index (χ1v) is 6.42. The summed E-state index contributed by atoms with van der Waals surface area (Å²) in [6.45, 7) is 5.49. The number of nitrogens with one attached hydrogen (secondary N) is 1. The molecule has 0 bridgehead atoms. The van der Waals surface area contributed by atoms with Gasteiger partial charge in [-0.15, -0.1) is 0 Å². The predicted octanol–water partition coefficient (Wildman–Crippen LogP) is 1.06. The van der Waals surface area contributed by atoms with Gasteiger partial charge in [-0.05, 0) is 26.7 Å². The molecule has 0 aliphatic carbocycles. The minimum atomic E-state index is -0.859. The number of carbonyl (C=O) groups is 2. The summed E-state index contributed by atoms with van der Waals surface area (Å²) in [6.07, 6.45) is 1.63. The van der Waals surface area contributed by atoms with Gasteiger partial charge in [-0.3, -0.25) is 4.79 Å². The maximum atomic E-state index is 11.9. The monoisotopic (exact) mass is 258 g/mol. The molecule has 0 spiro atoms. The Morgan fingerprint density at radius 2 is 2.28 bits per heavy atom. The molecule has 18 heavy (non-hydrogen) atoms.